The van der Waals surface area contributed by atoms with E-state index in [2.05, 4.69) is 0 Å². The Morgan fingerprint density at radius 2 is 1.96 bits per heavy atom. The van der Waals surface area contributed by atoms with Gasteiger partial charge in [0, 0.05) is 32.1 Å². The lowest BCUT2D eigenvalue weighted by Crippen LogP contribution is -2.39. The zero-order valence-corrected chi connectivity index (χ0v) is 14.4. The molecule has 2 aliphatic heterocycles. The molecule has 8 nitrogen and oxygen atoms in total. The minimum atomic E-state index is -3.98. The lowest BCUT2D eigenvalue weighted by molar-refractivity contribution is -0.129. The van der Waals surface area contributed by atoms with Crippen molar-refractivity contribution >= 4 is 21.9 Å². The van der Waals surface area contributed by atoms with Crippen LogP contribution >= 0.6 is 0 Å². The van der Waals surface area contributed by atoms with Crippen molar-refractivity contribution in [2.45, 2.75) is 44.0 Å². The summed E-state index contributed by atoms with van der Waals surface area (Å²) < 4.78 is 32.4. The third kappa shape index (κ3) is 2.61. The highest BCUT2D eigenvalue weighted by Gasteiger charge is 2.41. The second-order valence-electron chi connectivity index (χ2n) is 6.22. The van der Waals surface area contributed by atoms with Crippen LogP contribution in [0.5, 0.6) is 0 Å². The Morgan fingerprint density at radius 3 is 2.54 bits per heavy atom. The van der Waals surface area contributed by atoms with Gasteiger partial charge < -0.3 is 14.4 Å². The number of aryl methyl sites for hydroxylation is 2. The molecular formula is C15H20N2O6S. The third-order valence-corrected chi connectivity index (χ3v) is 6.71. The monoisotopic (exact) mass is 356 g/mol. The SMILES string of the molecule is Cc1oc(C)c(S(=O)(=O)N2CCC(N3CCCC3=O)C2)c1C(=O)O. The van der Waals surface area contributed by atoms with Crippen LogP contribution in [-0.2, 0) is 14.8 Å². The van der Waals surface area contributed by atoms with E-state index >= 15 is 0 Å². The molecule has 1 atom stereocenters. The van der Waals surface area contributed by atoms with E-state index in [0.717, 1.165) is 6.42 Å². The molecule has 0 spiro atoms. The van der Waals surface area contributed by atoms with Crippen LogP contribution in [0.4, 0.5) is 0 Å². The van der Waals surface area contributed by atoms with Crippen LogP contribution in [0.1, 0.15) is 41.1 Å². The minimum absolute atomic E-state index is 0.0563. The molecule has 2 saturated heterocycles. The van der Waals surface area contributed by atoms with Crippen molar-refractivity contribution in [2.75, 3.05) is 19.6 Å². The summed E-state index contributed by atoms with van der Waals surface area (Å²) in [6, 6.07) is -0.142. The number of furan rings is 1. The maximum atomic E-state index is 12.9. The number of aromatic carboxylic acids is 1. The molecule has 1 aromatic heterocycles. The molecule has 0 aliphatic carbocycles. The Hall–Kier alpha value is -1.87. The van der Waals surface area contributed by atoms with Gasteiger partial charge in [0.05, 0.1) is 0 Å². The van der Waals surface area contributed by atoms with E-state index in [1.54, 1.807) is 4.90 Å². The van der Waals surface area contributed by atoms with Crippen molar-refractivity contribution in [1.82, 2.24) is 9.21 Å². The third-order valence-electron chi connectivity index (χ3n) is 4.69. The summed E-state index contributed by atoms with van der Waals surface area (Å²) in [5.41, 5.74) is -0.312. The number of carboxylic acids is 1. The number of carboxylic acid groups (broad SMARTS) is 1. The van der Waals surface area contributed by atoms with Crippen molar-refractivity contribution in [1.29, 1.82) is 0 Å². The first-order valence-electron chi connectivity index (χ1n) is 7.86. The van der Waals surface area contributed by atoms with Crippen LogP contribution in [0, 0.1) is 13.8 Å². The number of carbonyl (C=O) groups is 2. The molecule has 0 saturated carbocycles. The molecule has 3 heterocycles. The highest BCUT2D eigenvalue weighted by molar-refractivity contribution is 7.89. The van der Waals surface area contributed by atoms with Crippen LogP contribution in [-0.4, -0.2) is 60.3 Å². The minimum Gasteiger partial charge on any atom is -0.478 e. The summed E-state index contributed by atoms with van der Waals surface area (Å²) in [7, 11) is -3.98. The second kappa shape index (κ2) is 5.89. The zero-order chi connectivity index (χ0) is 17.6. The maximum Gasteiger partial charge on any atom is 0.340 e. The first kappa shape index (κ1) is 17.0. The van der Waals surface area contributed by atoms with Crippen LogP contribution in [0.3, 0.4) is 0 Å². The Labute approximate surface area is 140 Å². The molecule has 0 radical (unpaired) electrons. The Kier molecular flexibility index (Phi) is 4.16. The molecule has 9 heteroatoms. The molecule has 1 aromatic rings. The largest absolute Gasteiger partial charge is 0.478 e. The van der Waals surface area contributed by atoms with Crippen LogP contribution in [0.2, 0.25) is 0 Å². The first-order chi connectivity index (χ1) is 11.2. The molecule has 0 aromatic carbocycles. The van der Waals surface area contributed by atoms with Crippen molar-refractivity contribution in [3.05, 3.63) is 17.1 Å². The van der Waals surface area contributed by atoms with Gasteiger partial charge in [0.25, 0.3) is 0 Å². The van der Waals surface area contributed by atoms with E-state index in [0.29, 0.717) is 19.4 Å². The number of amides is 1. The fourth-order valence-corrected chi connectivity index (χ4v) is 5.46. The van der Waals surface area contributed by atoms with Gasteiger partial charge in [-0.1, -0.05) is 0 Å². The predicted octanol–water partition coefficient (Wildman–Crippen LogP) is 0.980. The van der Waals surface area contributed by atoms with Crippen LogP contribution < -0.4 is 0 Å². The van der Waals surface area contributed by atoms with Gasteiger partial charge in [0.2, 0.25) is 15.9 Å². The molecule has 3 rings (SSSR count). The average Bonchev–Trinajstić information content (AvgIpc) is 3.16. The summed E-state index contributed by atoms with van der Waals surface area (Å²) in [4.78, 5) is 24.8. The van der Waals surface area contributed by atoms with E-state index in [9.17, 15) is 23.1 Å². The number of sulfonamides is 1. The van der Waals surface area contributed by atoms with E-state index in [1.165, 1.54) is 18.2 Å². The smallest absolute Gasteiger partial charge is 0.340 e. The molecule has 0 bridgehead atoms. The summed E-state index contributed by atoms with van der Waals surface area (Å²) in [6.45, 7) is 3.99. The van der Waals surface area contributed by atoms with Gasteiger partial charge in [0.15, 0.2) is 0 Å². The van der Waals surface area contributed by atoms with Gasteiger partial charge in [-0.05, 0) is 26.7 Å². The number of carbonyl (C=O) groups excluding carboxylic acids is 1. The first-order valence-corrected chi connectivity index (χ1v) is 9.30. The van der Waals surface area contributed by atoms with Gasteiger partial charge in [-0.25, -0.2) is 13.2 Å². The van der Waals surface area contributed by atoms with Crippen molar-refractivity contribution in [3.8, 4) is 0 Å². The number of hydrogen-bond acceptors (Lipinski definition) is 5. The van der Waals surface area contributed by atoms with Gasteiger partial charge in [0.1, 0.15) is 22.0 Å². The molecule has 1 unspecified atom stereocenters. The van der Waals surface area contributed by atoms with Gasteiger partial charge in [-0.2, -0.15) is 4.31 Å². The predicted molar refractivity (Wildman–Crippen MR) is 83.3 cm³/mol. The number of nitrogens with zero attached hydrogens (tertiary/aromatic N) is 2. The van der Waals surface area contributed by atoms with Gasteiger partial charge in [-0.3, -0.25) is 4.79 Å². The Morgan fingerprint density at radius 1 is 1.25 bits per heavy atom. The van der Waals surface area contributed by atoms with Crippen LogP contribution in [0.15, 0.2) is 9.31 Å². The van der Waals surface area contributed by atoms with E-state index in [4.69, 9.17) is 4.42 Å². The highest BCUT2D eigenvalue weighted by Crippen LogP contribution is 2.32. The maximum absolute atomic E-state index is 12.9. The lowest BCUT2D eigenvalue weighted by Gasteiger charge is -2.24. The van der Waals surface area contributed by atoms with Crippen molar-refractivity contribution in [2.24, 2.45) is 0 Å². The fourth-order valence-electron chi connectivity index (χ4n) is 3.59. The summed E-state index contributed by atoms with van der Waals surface area (Å²) in [5.74, 6) is -1.12. The summed E-state index contributed by atoms with van der Waals surface area (Å²) in [5, 5.41) is 9.33. The normalized spacial score (nSPS) is 22.5. The topological polar surface area (TPSA) is 108 Å². The summed E-state index contributed by atoms with van der Waals surface area (Å²) >= 11 is 0. The zero-order valence-electron chi connectivity index (χ0n) is 13.6. The van der Waals surface area contributed by atoms with E-state index in [1.807, 2.05) is 0 Å². The molecule has 132 valence electrons. The van der Waals surface area contributed by atoms with Crippen molar-refractivity contribution in [3.63, 3.8) is 0 Å². The van der Waals surface area contributed by atoms with E-state index < -0.39 is 16.0 Å². The number of likely N-dealkylation sites (tertiary alicyclic amines) is 1. The van der Waals surface area contributed by atoms with Crippen molar-refractivity contribution < 1.29 is 27.5 Å². The molecule has 2 aliphatic rings. The van der Waals surface area contributed by atoms with Gasteiger partial charge >= 0.3 is 5.97 Å². The molecule has 24 heavy (non-hydrogen) atoms. The average molecular weight is 356 g/mol. The van der Waals surface area contributed by atoms with E-state index in [-0.39, 0.29) is 47.0 Å². The van der Waals surface area contributed by atoms with Gasteiger partial charge in [-0.15, -0.1) is 0 Å². The molecular weight excluding hydrogens is 336 g/mol. The Balaban J connectivity index is 1.90. The second-order valence-corrected chi connectivity index (χ2v) is 8.09. The fraction of sp³-hybridized carbons (Fsp3) is 0.600. The number of rotatable bonds is 4. The molecule has 1 amide bonds. The number of hydrogen-bond donors (Lipinski definition) is 1. The lowest BCUT2D eigenvalue weighted by atomic mass is 10.2. The highest BCUT2D eigenvalue weighted by atomic mass is 32.2. The molecule has 1 N–H and O–H groups in total. The van der Waals surface area contributed by atoms with Crippen LogP contribution in [0.25, 0.3) is 0 Å². The summed E-state index contributed by atoms with van der Waals surface area (Å²) in [6.07, 6.45) is 1.86. The quantitative estimate of drug-likeness (QED) is 0.861. The standard InChI is InChI=1S/C15H20N2O6S/c1-9-13(15(19)20)14(10(2)23-9)24(21,22)16-7-5-11(8-16)17-6-3-4-12(17)18/h11H,3-8H2,1-2H3,(H,19,20). The Bertz CT molecular complexity index is 797. The molecule has 2 fully saturated rings.